The number of carboxylic acids is 1. The molecule has 1 aromatic rings. The summed E-state index contributed by atoms with van der Waals surface area (Å²) in [6, 6.07) is 6.88. The van der Waals surface area contributed by atoms with E-state index in [1.165, 1.54) is 0 Å². The molecule has 2 unspecified atom stereocenters. The first-order chi connectivity index (χ1) is 9.61. The van der Waals surface area contributed by atoms with Crippen LogP contribution in [0.1, 0.15) is 31.2 Å². The van der Waals surface area contributed by atoms with E-state index < -0.39 is 17.8 Å². The molecule has 0 bridgehead atoms. The fraction of sp³-hybridized carbons (Fsp3) is 0.467. The highest BCUT2D eigenvalue weighted by Crippen LogP contribution is 2.31. The first kappa shape index (κ1) is 14.5. The first-order valence-corrected chi connectivity index (χ1v) is 6.85. The van der Waals surface area contributed by atoms with Gasteiger partial charge >= 0.3 is 5.97 Å². The van der Waals surface area contributed by atoms with Crippen LogP contribution in [0.4, 0.5) is 5.69 Å². The van der Waals surface area contributed by atoms with Crippen LogP contribution in [-0.4, -0.2) is 22.1 Å². The lowest BCUT2D eigenvalue weighted by atomic mass is 9.78. The zero-order valence-corrected chi connectivity index (χ0v) is 11.2. The van der Waals surface area contributed by atoms with E-state index in [-0.39, 0.29) is 12.5 Å². The minimum atomic E-state index is -0.888. The Morgan fingerprint density at radius 1 is 1.10 bits per heavy atom. The fourth-order valence-corrected chi connectivity index (χ4v) is 2.67. The summed E-state index contributed by atoms with van der Waals surface area (Å²) in [5.74, 6) is -2.16. The fourth-order valence-electron chi connectivity index (χ4n) is 2.67. The van der Waals surface area contributed by atoms with E-state index >= 15 is 0 Å². The summed E-state index contributed by atoms with van der Waals surface area (Å²) in [7, 11) is 0. The second-order valence-electron chi connectivity index (χ2n) is 5.18. The maximum atomic E-state index is 12.2. The van der Waals surface area contributed by atoms with E-state index in [9.17, 15) is 14.7 Å². The Morgan fingerprint density at radius 2 is 1.70 bits per heavy atom. The molecule has 0 spiro atoms. The van der Waals surface area contributed by atoms with E-state index in [0.717, 1.165) is 18.4 Å². The number of aliphatic hydroxyl groups is 1. The van der Waals surface area contributed by atoms with Gasteiger partial charge in [0, 0.05) is 5.69 Å². The average Bonchev–Trinajstić information content (AvgIpc) is 2.48. The van der Waals surface area contributed by atoms with Gasteiger partial charge in [-0.15, -0.1) is 0 Å². The van der Waals surface area contributed by atoms with Crippen molar-refractivity contribution >= 4 is 17.6 Å². The number of aliphatic carboxylic acids is 1. The highest BCUT2D eigenvalue weighted by Gasteiger charge is 2.35. The van der Waals surface area contributed by atoms with Crippen molar-refractivity contribution in [1.29, 1.82) is 0 Å². The number of hydrogen-bond donors (Lipinski definition) is 3. The van der Waals surface area contributed by atoms with Crippen molar-refractivity contribution in [1.82, 2.24) is 0 Å². The predicted octanol–water partition coefficient (Wildman–Crippen LogP) is 2.01. The molecule has 108 valence electrons. The Bertz CT molecular complexity index is 483. The Morgan fingerprint density at radius 3 is 2.25 bits per heavy atom. The Kier molecular flexibility index (Phi) is 4.74. The number of carboxylic acid groups (broad SMARTS) is 1. The molecule has 1 amide bonds. The molecular weight excluding hydrogens is 258 g/mol. The molecule has 5 heteroatoms. The molecule has 0 aromatic heterocycles. The normalized spacial score (nSPS) is 22.2. The maximum absolute atomic E-state index is 12.2. The monoisotopic (exact) mass is 277 g/mol. The van der Waals surface area contributed by atoms with Gasteiger partial charge in [-0.2, -0.15) is 0 Å². The molecule has 0 aliphatic heterocycles. The second kappa shape index (κ2) is 6.52. The van der Waals surface area contributed by atoms with E-state index in [1.54, 1.807) is 24.3 Å². The van der Waals surface area contributed by atoms with Gasteiger partial charge < -0.3 is 15.5 Å². The number of nitrogens with one attached hydrogen (secondary N) is 1. The van der Waals surface area contributed by atoms with Crippen molar-refractivity contribution in [2.24, 2.45) is 11.8 Å². The average molecular weight is 277 g/mol. The van der Waals surface area contributed by atoms with Crippen molar-refractivity contribution in [3.63, 3.8) is 0 Å². The van der Waals surface area contributed by atoms with Gasteiger partial charge in [-0.3, -0.25) is 9.59 Å². The third kappa shape index (κ3) is 3.36. The van der Waals surface area contributed by atoms with Crippen molar-refractivity contribution in [3.05, 3.63) is 29.8 Å². The summed E-state index contributed by atoms with van der Waals surface area (Å²) in [5.41, 5.74) is 1.39. The lowest BCUT2D eigenvalue weighted by Crippen LogP contribution is -2.36. The van der Waals surface area contributed by atoms with E-state index in [4.69, 9.17) is 5.11 Å². The van der Waals surface area contributed by atoms with Crippen molar-refractivity contribution in [2.45, 2.75) is 32.3 Å². The van der Waals surface area contributed by atoms with Gasteiger partial charge in [0.1, 0.15) is 0 Å². The minimum absolute atomic E-state index is 0.0437. The van der Waals surface area contributed by atoms with Gasteiger partial charge in [0.2, 0.25) is 5.91 Å². The van der Waals surface area contributed by atoms with Crippen LogP contribution in [0.2, 0.25) is 0 Å². The van der Waals surface area contributed by atoms with Crippen LogP contribution < -0.4 is 5.32 Å². The molecule has 1 aliphatic carbocycles. The first-order valence-electron chi connectivity index (χ1n) is 6.85. The van der Waals surface area contributed by atoms with Gasteiger partial charge in [0.15, 0.2) is 0 Å². The van der Waals surface area contributed by atoms with Crippen molar-refractivity contribution < 1.29 is 19.8 Å². The third-order valence-electron chi connectivity index (χ3n) is 3.82. The van der Waals surface area contributed by atoms with Crippen molar-refractivity contribution in [3.8, 4) is 0 Å². The number of carbonyl (C=O) groups excluding carboxylic acids is 1. The number of rotatable bonds is 4. The molecule has 1 fully saturated rings. The van der Waals surface area contributed by atoms with Crippen LogP contribution in [-0.2, 0) is 16.2 Å². The quantitative estimate of drug-likeness (QED) is 0.785. The number of amides is 1. The summed E-state index contributed by atoms with van der Waals surface area (Å²) in [4.78, 5) is 23.4. The van der Waals surface area contributed by atoms with Crippen LogP contribution in [0.15, 0.2) is 24.3 Å². The van der Waals surface area contributed by atoms with Gasteiger partial charge in [-0.05, 0) is 30.5 Å². The SMILES string of the molecule is O=C(O)C1CCCCC1C(=O)Nc1ccc(CO)cc1. The molecule has 2 rings (SSSR count). The van der Waals surface area contributed by atoms with Crippen LogP contribution in [0, 0.1) is 11.8 Å². The molecule has 1 aliphatic rings. The number of anilines is 1. The lowest BCUT2D eigenvalue weighted by Gasteiger charge is -2.27. The van der Waals surface area contributed by atoms with Crippen LogP contribution >= 0.6 is 0 Å². The van der Waals surface area contributed by atoms with Gasteiger partial charge in [0.05, 0.1) is 18.4 Å². The molecule has 5 nitrogen and oxygen atoms in total. The van der Waals surface area contributed by atoms with Crippen LogP contribution in [0.5, 0.6) is 0 Å². The van der Waals surface area contributed by atoms with Crippen LogP contribution in [0.3, 0.4) is 0 Å². The zero-order chi connectivity index (χ0) is 14.5. The topological polar surface area (TPSA) is 86.6 Å². The standard InChI is InChI=1S/C15H19NO4/c17-9-10-5-7-11(8-6-10)16-14(18)12-3-1-2-4-13(12)15(19)20/h5-8,12-13,17H,1-4,9H2,(H,16,18)(H,19,20). The smallest absolute Gasteiger partial charge is 0.307 e. The summed E-state index contributed by atoms with van der Waals surface area (Å²) >= 11 is 0. The van der Waals surface area contributed by atoms with Gasteiger partial charge in [-0.1, -0.05) is 25.0 Å². The molecule has 1 saturated carbocycles. The van der Waals surface area contributed by atoms with Crippen LogP contribution in [0.25, 0.3) is 0 Å². The maximum Gasteiger partial charge on any atom is 0.307 e. The van der Waals surface area contributed by atoms with Crippen molar-refractivity contribution in [2.75, 3.05) is 5.32 Å². The highest BCUT2D eigenvalue weighted by molar-refractivity contribution is 5.95. The molecular formula is C15H19NO4. The van der Waals surface area contributed by atoms with E-state index in [2.05, 4.69) is 5.32 Å². The molecule has 3 N–H and O–H groups in total. The molecule has 0 heterocycles. The number of hydrogen-bond acceptors (Lipinski definition) is 3. The number of benzene rings is 1. The Balaban J connectivity index is 2.03. The second-order valence-corrected chi connectivity index (χ2v) is 5.18. The predicted molar refractivity (Wildman–Crippen MR) is 74.1 cm³/mol. The number of aliphatic hydroxyl groups excluding tert-OH is 1. The van der Waals surface area contributed by atoms with E-state index in [0.29, 0.717) is 18.5 Å². The Hall–Kier alpha value is -1.88. The van der Waals surface area contributed by atoms with Gasteiger partial charge in [0.25, 0.3) is 0 Å². The van der Waals surface area contributed by atoms with Gasteiger partial charge in [-0.25, -0.2) is 0 Å². The lowest BCUT2D eigenvalue weighted by molar-refractivity contribution is -0.147. The summed E-state index contributed by atoms with van der Waals surface area (Å²) in [6.45, 7) is -0.0437. The number of carbonyl (C=O) groups is 2. The minimum Gasteiger partial charge on any atom is -0.481 e. The largest absolute Gasteiger partial charge is 0.481 e. The zero-order valence-electron chi connectivity index (χ0n) is 11.2. The molecule has 0 saturated heterocycles. The summed E-state index contributed by atoms with van der Waals surface area (Å²) in [6.07, 6.45) is 2.95. The molecule has 0 radical (unpaired) electrons. The van der Waals surface area contributed by atoms with E-state index in [1.807, 2.05) is 0 Å². The third-order valence-corrected chi connectivity index (χ3v) is 3.82. The summed E-state index contributed by atoms with van der Waals surface area (Å²) < 4.78 is 0. The summed E-state index contributed by atoms with van der Waals surface area (Å²) in [5, 5.41) is 20.9. The molecule has 20 heavy (non-hydrogen) atoms. The highest BCUT2D eigenvalue weighted by atomic mass is 16.4. The molecule has 2 atom stereocenters. The molecule has 1 aromatic carbocycles. The Labute approximate surface area is 117 Å².